The van der Waals surface area contributed by atoms with Crippen molar-refractivity contribution in [3.05, 3.63) is 54.0 Å². The summed E-state index contributed by atoms with van der Waals surface area (Å²) in [6.07, 6.45) is 1.46. The molecule has 1 saturated heterocycles. The van der Waals surface area contributed by atoms with Crippen molar-refractivity contribution in [1.82, 2.24) is 15.1 Å². The lowest BCUT2D eigenvalue weighted by atomic mass is 10.2. The Hall–Kier alpha value is -3.29. The molecule has 0 bridgehead atoms. The number of carbonyl (C=O) groups excluding carboxylic acids is 3. The highest BCUT2D eigenvalue weighted by atomic mass is 16.3. The van der Waals surface area contributed by atoms with Gasteiger partial charge in [-0.15, -0.1) is 0 Å². The Morgan fingerprint density at radius 2 is 1.62 bits per heavy atom. The van der Waals surface area contributed by atoms with E-state index in [1.807, 2.05) is 0 Å². The molecule has 1 aliphatic rings. The predicted octanol–water partition coefficient (Wildman–Crippen LogP) is 1.63. The predicted molar refractivity (Wildman–Crippen MR) is 95.0 cm³/mol. The van der Waals surface area contributed by atoms with E-state index in [-0.39, 0.29) is 17.8 Å². The summed E-state index contributed by atoms with van der Waals surface area (Å²) < 4.78 is 5.12. The van der Waals surface area contributed by atoms with E-state index in [0.717, 1.165) is 0 Å². The molecule has 2 aromatic rings. The fraction of sp³-hybridized carbons (Fsp3) is 0.278. The zero-order valence-corrected chi connectivity index (χ0v) is 14.4. The third-order valence-corrected chi connectivity index (χ3v) is 4.21. The molecule has 8 nitrogen and oxygen atoms in total. The number of benzene rings is 1. The fourth-order valence-electron chi connectivity index (χ4n) is 2.72. The number of carbonyl (C=O) groups is 3. The first-order valence-corrected chi connectivity index (χ1v) is 8.29. The number of nitrogens with one attached hydrogen (secondary N) is 2. The average molecular weight is 356 g/mol. The lowest BCUT2D eigenvalue weighted by Gasteiger charge is -2.34. The van der Waals surface area contributed by atoms with Crippen molar-refractivity contribution in [2.75, 3.05) is 38.5 Å². The van der Waals surface area contributed by atoms with Crippen LogP contribution < -0.4 is 10.6 Å². The molecule has 136 valence electrons. The SMILES string of the molecule is CNC(=O)c1ccc(NC(=O)N2CCN(C(=O)c3ccco3)CC2)cc1. The quantitative estimate of drug-likeness (QED) is 0.874. The van der Waals surface area contributed by atoms with Gasteiger partial charge in [-0.2, -0.15) is 0 Å². The molecule has 1 aliphatic heterocycles. The highest BCUT2D eigenvalue weighted by molar-refractivity contribution is 5.95. The third-order valence-electron chi connectivity index (χ3n) is 4.21. The van der Waals surface area contributed by atoms with Gasteiger partial charge in [-0.3, -0.25) is 9.59 Å². The van der Waals surface area contributed by atoms with E-state index in [4.69, 9.17) is 4.42 Å². The maximum Gasteiger partial charge on any atom is 0.321 e. The van der Waals surface area contributed by atoms with Gasteiger partial charge in [0.2, 0.25) is 0 Å². The van der Waals surface area contributed by atoms with E-state index >= 15 is 0 Å². The second-order valence-corrected chi connectivity index (χ2v) is 5.84. The van der Waals surface area contributed by atoms with Gasteiger partial charge in [0.1, 0.15) is 0 Å². The number of furan rings is 1. The minimum atomic E-state index is -0.234. The number of hydrogen-bond acceptors (Lipinski definition) is 4. The standard InChI is InChI=1S/C18H20N4O4/c1-19-16(23)13-4-6-14(7-5-13)20-18(25)22-10-8-21(9-11-22)17(24)15-3-2-12-26-15/h2-7,12H,8-11H2,1H3,(H,19,23)(H,20,25). The van der Waals surface area contributed by atoms with Crippen molar-refractivity contribution in [2.45, 2.75) is 0 Å². The highest BCUT2D eigenvalue weighted by Crippen LogP contribution is 2.13. The number of nitrogens with zero attached hydrogens (tertiary/aromatic N) is 2. The number of anilines is 1. The summed E-state index contributed by atoms with van der Waals surface area (Å²) in [4.78, 5) is 39.4. The molecule has 4 amide bonds. The van der Waals surface area contributed by atoms with Crippen molar-refractivity contribution in [3.63, 3.8) is 0 Å². The topological polar surface area (TPSA) is 94.9 Å². The molecule has 0 aliphatic carbocycles. The van der Waals surface area contributed by atoms with E-state index in [1.165, 1.54) is 6.26 Å². The van der Waals surface area contributed by atoms with E-state index < -0.39 is 0 Å². The lowest BCUT2D eigenvalue weighted by Crippen LogP contribution is -2.51. The first-order valence-electron chi connectivity index (χ1n) is 8.29. The Bertz CT molecular complexity index is 778. The molecular weight excluding hydrogens is 336 g/mol. The number of hydrogen-bond donors (Lipinski definition) is 2. The van der Waals surface area contributed by atoms with Crippen LogP contribution in [0.15, 0.2) is 47.1 Å². The van der Waals surface area contributed by atoms with E-state index in [1.54, 1.807) is 53.2 Å². The van der Waals surface area contributed by atoms with E-state index in [9.17, 15) is 14.4 Å². The van der Waals surface area contributed by atoms with Crippen LogP contribution in [0.5, 0.6) is 0 Å². The van der Waals surface area contributed by atoms with Gasteiger partial charge in [0.15, 0.2) is 5.76 Å². The summed E-state index contributed by atoms with van der Waals surface area (Å²) in [6, 6.07) is 9.72. The highest BCUT2D eigenvalue weighted by Gasteiger charge is 2.26. The van der Waals surface area contributed by atoms with Gasteiger partial charge < -0.3 is 24.9 Å². The monoisotopic (exact) mass is 356 g/mol. The molecule has 1 aromatic carbocycles. The normalized spacial score (nSPS) is 14.0. The van der Waals surface area contributed by atoms with Gasteiger partial charge in [0, 0.05) is 44.5 Å². The van der Waals surface area contributed by atoms with Gasteiger partial charge in [0.05, 0.1) is 6.26 Å². The molecule has 26 heavy (non-hydrogen) atoms. The average Bonchev–Trinajstić information content (AvgIpc) is 3.22. The van der Waals surface area contributed by atoms with Crippen LogP contribution in [-0.4, -0.2) is 60.9 Å². The molecule has 3 rings (SSSR count). The Morgan fingerprint density at radius 3 is 2.19 bits per heavy atom. The molecular formula is C18H20N4O4. The summed E-state index contributed by atoms with van der Waals surface area (Å²) in [5, 5.41) is 5.34. The number of urea groups is 1. The smallest absolute Gasteiger partial charge is 0.321 e. The minimum Gasteiger partial charge on any atom is -0.459 e. The van der Waals surface area contributed by atoms with Gasteiger partial charge >= 0.3 is 6.03 Å². The Labute approximate surface area is 150 Å². The summed E-state index contributed by atoms with van der Waals surface area (Å²) in [5.74, 6) is -0.0424. The second kappa shape index (κ2) is 7.73. The molecule has 8 heteroatoms. The Kier molecular flexibility index (Phi) is 5.21. The molecule has 2 N–H and O–H groups in total. The van der Waals surface area contributed by atoms with Crippen LogP contribution in [-0.2, 0) is 0 Å². The van der Waals surface area contributed by atoms with Crippen molar-refractivity contribution < 1.29 is 18.8 Å². The summed E-state index contributed by atoms with van der Waals surface area (Å²) in [7, 11) is 1.56. The Balaban J connectivity index is 1.52. The summed E-state index contributed by atoms with van der Waals surface area (Å²) in [6.45, 7) is 1.77. The molecule has 1 aromatic heterocycles. The van der Waals surface area contributed by atoms with Crippen molar-refractivity contribution in [2.24, 2.45) is 0 Å². The van der Waals surface area contributed by atoms with Gasteiger partial charge in [-0.1, -0.05) is 0 Å². The van der Waals surface area contributed by atoms with Crippen LogP contribution in [0.3, 0.4) is 0 Å². The van der Waals surface area contributed by atoms with E-state index in [2.05, 4.69) is 10.6 Å². The maximum absolute atomic E-state index is 12.4. The fourth-order valence-corrected chi connectivity index (χ4v) is 2.72. The first-order chi connectivity index (χ1) is 12.6. The molecule has 0 saturated carbocycles. The summed E-state index contributed by atoms with van der Waals surface area (Å²) >= 11 is 0. The number of amides is 4. The molecule has 0 radical (unpaired) electrons. The van der Waals surface area contributed by atoms with E-state index in [0.29, 0.717) is 43.2 Å². The zero-order chi connectivity index (χ0) is 18.5. The van der Waals surface area contributed by atoms with Crippen LogP contribution in [0, 0.1) is 0 Å². The van der Waals surface area contributed by atoms with Gasteiger partial charge in [0.25, 0.3) is 11.8 Å². The first kappa shape index (κ1) is 17.5. The lowest BCUT2D eigenvalue weighted by molar-refractivity contribution is 0.0640. The van der Waals surface area contributed by atoms with Crippen molar-refractivity contribution >= 4 is 23.5 Å². The number of rotatable bonds is 3. The largest absolute Gasteiger partial charge is 0.459 e. The number of piperazine rings is 1. The molecule has 1 fully saturated rings. The minimum absolute atomic E-state index is 0.167. The van der Waals surface area contributed by atoms with Gasteiger partial charge in [-0.25, -0.2) is 4.79 Å². The maximum atomic E-state index is 12.4. The molecule has 2 heterocycles. The third kappa shape index (κ3) is 3.85. The van der Waals surface area contributed by atoms with Crippen LogP contribution >= 0.6 is 0 Å². The van der Waals surface area contributed by atoms with Crippen molar-refractivity contribution in [1.29, 1.82) is 0 Å². The van der Waals surface area contributed by atoms with Crippen LogP contribution in [0.1, 0.15) is 20.9 Å². The molecule has 0 atom stereocenters. The Morgan fingerprint density at radius 1 is 0.962 bits per heavy atom. The van der Waals surface area contributed by atoms with Crippen LogP contribution in [0.2, 0.25) is 0 Å². The molecule has 0 unspecified atom stereocenters. The molecule has 0 spiro atoms. The second-order valence-electron chi connectivity index (χ2n) is 5.84. The van der Waals surface area contributed by atoms with Crippen molar-refractivity contribution in [3.8, 4) is 0 Å². The van der Waals surface area contributed by atoms with Gasteiger partial charge in [-0.05, 0) is 36.4 Å². The zero-order valence-electron chi connectivity index (χ0n) is 14.4. The van der Waals surface area contributed by atoms with Crippen LogP contribution in [0.25, 0.3) is 0 Å². The summed E-state index contributed by atoms with van der Waals surface area (Å²) in [5.41, 5.74) is 1.13. The van der Waals surface area contributed by atoms with Crippen LogP contribution in [0.4, 0.5) is 10.5 Å².